The molecule has 0 saturated carbocycles. The van der Waals surface area contributed by atoms with Gasteiger partial charge in [-0.05, 0) is 24.3 Å². The van der Waals surface area contributed by atoms with E-state index in [1.165, 1.54) is 0 Å². The Bertz CT molecular complexity index is 738. The average molecular weight is 359 g/mol. The van der Waals surface area contributed by atoms with Gasteiger partial charge in [-0.25, -0.2) is 4.98 Å². The molecule has 0 atom stereocenters. The van der Waals surface area contributed by atoms with E-state index in [4.69, 9.17) is 9.47 Å². The summed E-state index contributed by atoms with van der Waals surface area (Å²) >= 11 is 1.63. The number of carbonyl (C=O) groups excluding carboxylic acids is 1. The lowest BCUT2D eigenvalue weighted by molar-refractivity contribution is -0.126. The standard InChI is InChI=1S/C18H21N3O3S/c1-23-15-4-5-16(24-2)14(13-15)3-6-17(22)20-8-10-21(11-9-20)18-19-7-12-25-18/h3-7,12-13H,8-11H2,1-2H3. The van der Waals surface area contributed by atoms with Crippen LogP contribution in [0.4, 0.5) is 5.13 Å². The van der Waals surface area contributed by atoms with Crippen molar-refractivity contribution < 1.29 is 14.3 Å². The number of carbonyl (C=O) groups is 1. The van der Waals surface area contributed by atoms with Crippen molar-refractivity contribution in [3.05, 3.63) is 41.4 Å². The van der Waals surface area contributed by atoms with Crippen molar-refractivity contribution in [2.24, 2.45) is 0 Å². The quantitative estimate of drug-likeness (QED) is 0.768. The van der Waals surface area contributed by atoms with Crippen molar-refractivity contribution in [1.29, 1.82) is 0 Å². The highest BCUT2D eigenvalue weighted by Crippen LogP contribution is 2.25. The van der Waals surface area contributed by atoms with Crippen molar-refractivity contribution in [2.75, 3.05) is 45.3 Å². The number of benzene rings is 1. The smallest absolute Gasteiger partial charge is 0.246 e. The summed E-state index contributed by atoms with van der Waals surface area (Å²) in [6.45, 7) is 2.99. The fourth-order valence-electron chi connectivity index (χ4n) is 2.73. The van der Waals surface area contributed by atoms with Gasteiger partial charge in [-0.2, -0.15) is 0 Å². The zero-order valence-corrected chi connectivity index (χ0v) is 15.2. The Kier molecular flexibility index (Phi) is 5.55. The number of anilines is 1. The summed E-state index contributed by atoms with van der Waals surface area (Å²) in [5, 5.41) is 2.99. The van der Waals surface area contributed by atoms with E-state index in [2.05, 4.69) is 9.88 Å². The van der Waals surface area contributed by atoms with Crippen LogP contribution < -0.4 is 14.4 Å². The SMILES string of the molecule is COc1ccc(OC)c(C=CC(=O)N2CCN(c3nccs3)CC2)c1. The van der Waals surface area contributed by atoms with E-state index in [-0.39, 0.29) is 5.91 Å². The Balaban J connectivity index is 1.62. The number of amides is 1. The van der Waals surface area contributed by atoms with Gasteiger partial charge in [-0.15, -0.1) is 11.3 Å². The zero-order valence-electron chi connectivity index (χ0n) is 14.3. The summed E-state index contributed by atoms with van der Waals surface area (Å²) in [5.74, 6) is 1.44. The Hall–Kier alpha value is -2.54. The van der Waals surface area contributed by atoms with Crippen molar-refractivity contribution in [1.82, 2.24) is 9.88 Å². The molecule has 0 bridgehead atoms. The number of thiazole rings is 1. The van der Waals surface area contributed by atoms with Gasteiger partial charge in [-0.3, -0.25) is 4.79 Å². The summed E-state index contributed by atoms with van der Waals surface area (Å²) in [6, 6.07) is 5.51. The highest BCUT2D eigenvalue weighted by atomic mass is 32.1. The van der Waals surface area contributed by atoms with Crippen molar-refractivity contribution in [2.45, 2.75) is 0 Å². The first kappa shape index (κ1) is 17.3. The van der Waals surface area contributed by atoms with Crippen LogP contribution in [0.2, 0.25) is 0 Å². The van der Waals surface area contributed by atoms with Crippen LogP contribution in [0.1, 0.15) is 5.56 Å². The topological polar surface area (TPSA) is 54.9 Å². The molecule has 0 N–H and O–H groups in total. The first-order chi connectivity index (χ1) is 12.2. The third-order valence-corrected chi connectivity index (χ3v) is 4.96. The molecule has 1 aromatic carbocycles. The van der Waals surface area contributed by atoms with Crippen LogP contribution >= 0.6 is 11.3 Å². The number of methoxy groups -OCH3 is 2. The maximum atomic E-state index is 12.5. The molecule has 0 unspecified atom stereocenters. The van der Waals surface area contributed by atoms with Gasteiger partial charge in [0.05, 0.1) is 14.2 Å². The fraction of sp³-hybridized carbons (Fsp3) is 0.333. The number of piperazine rings is 1. The second-order valence-corrected chi connectivity index (χ2v) is 6.44. The molecular formula is C18H21N3O3S. The average Bonchev–Trinajstić information content (AvgIpc) is 3.20. The molecule has 25 heavy (non-hydrogen) atoms. The van der Waals surface area contributed by atoms with Crippen LogP contribution in [0.15, 0.2) is 35.9 Å². The molecular weight excluding hydrogens is 338 g/mol. The summed E-state index contributed by atoms with van der Waals surface area (Å²) in [4.78, 5) is 20.8. The van der Waals surface area contributed by atoms with Crippen LogP contribution in [0, 0.1) is 0 Å². The van der Waals surface area contributed by atoms with Gasteiger partial charge < -0.3 is 19.3 Å². The minimum Gasteiger partial charge on any atom is -0.497 e. The first-order valence-electron chi connectivity index (χ1n) is 8.04. The molecule has 1 fully saturated rings. The largest absolute Gasteiger partial charge is 0.497 e. The van der Waals surface area contributed by atoms with Gasteiger partial charge in [-0.1, -0.05) is 0 Å². The molecule has 132 valence electrons. The lowest BCUT2D eigenvalue weighted by Crippen LogP contribution is -2.48. The second kappa shape index (κ2) is 8.02. The number of aromatic nitrogens is 1. The predicted octanol–water partition coefficient (Wildman–Crippen LogP) is 2.52. The van der Waals surface area contributed by atoms with Crippen LogP contribution in [-0.2, 0) is 4.79 Å². The molecule has 6 nitrogen and oxygen atoms in total. The van der Waals surface area contributed by atoms with Gasteiger partial charge in [0.15, 0.2) is 5.13 Å². The third-order valence-electron chi connectivity index (χ3n) is 4.12. The molecule has 7 heteroatoms. The minimum absolute atomic E-state index is 0.00339. The Morgan fingerprint density at radius 3 is 2.64 bits per heavy atom. The third kappa shape index (κ3) is 4.11. The predicted molar refractivity (Wildman–Crippen MR) is 99.5 cm³/mol. The van der Waals surface area contributed by atoms with Gasteiger partial charge in [0.2, 0.25) is 5.91 Å². The van der Waals surface area contributed by atoms with Crippen molar-refractivity contribution >= 4 is 28.5 Å². The van der Waals surface area contributed by atoms with Crippen molar-refractivity contribution in [3.63, 3.8) is 0 Å². The summed E-state index contributed by atoms with van der Waals surface area (Å²) in [7, 11) is 3.22. The normalized spacial score (nSPS) is 14.8. The number of rotatable bonds is 5. The van der Waals surface area contributed by atoms with Crippen LogP contribution in [0.5, 0.6) is 11.5 Å². The molecule has 1 aliphatic heterocycles. The van der Waals surface area contributed by atoms with E-state index in [1.807, 2.05) is 34.7 Å². The summed E-state index contributed by atoms with van der Waals surface area (Å²) < 4.78 is 10.6. The Morgan fingerprint density at radius 1 is 1.20 bits per heavy atom. The number of ether oxygens (including phenoxy) is 2. The van der Waals surface area contributed by atoms with Crippen LogP contribution in [0.25, 0.3) is 6.08 Å². The minimum atomic E-state index is 0.00339. The van der Waals surface area contributed by atoms with Gasteiger partial charge in [0, 0.05) is 49.4 Å². The van der Waals surface area contributed by atoms with Gasteiger partial charge in [0.1, 0.15) is 11.5 Å². The number of nitrogens with zero attached hydrogens (tertiary/aromatic N) is 3. The van der Waals surface area contributed by atoms with E-state index in [9.17, 15) is 4.79 Å². The Morgan fingerprint density at radius 2 is 2.00 bits per heavy atom. The highest BCUT2D eigenvalue weighted by Gasteiger charge is 2.21. The lowest BCUT2D eigenvalue weighted by atomic mass is 10.1. The van der Waals surface area contributed by atoms with Gasteiger partial charge >= 0.3 is 0 Å². The number of hydrogen-bond acceptors (Lipinski definition) is 6. The Labute approximate surface area is 151 Å². The maximum Gasteiger partial charge on any atom is 0.246 e. The summed E-state index contributed by atoms with van der Waals surface area (Å²) in [6.07, 6.45) is 5.18. The molecule has 0 aliphatic carbocycles. The van der Waals surface area contributed by atoms with E-state index >= 15 is 0 Å². The molecule has 1 amide bonds. The molecule has 2 aromatic rings. The molecule has 0 radical (unpaired) electrons. The van der Waals surface area contributed by atoms with Crippen LogP contribution in [0.3, 0.4) is 0 Å². The molecule has 2 heterocycles. The van der Waals surface area contributed by atoms with E-state index < -0.39 is 0 Å². The number of hydrogen-bond donors (Lipinski definition) is 0. The van der Waals surface area contributed by atoms with Crippen molar-refractivity contribution in [3.8, 4) is 11.5 Å². The van der Waals surface area contributed by atoms with E-state index in [1.54, 1.807) is 37.7 Å². The van der Waals surface area contributed by atoms with Crippen LogP contribution in [-0.4, -0.2) is 56.2 Å². The molecule has 1 aliphatic rings. The molecule has 0 spiro atoms. The summed E-state index contributed by atoms with van der Waals surface area (Å²) in [5.41, 5.74) is 0.816. The monoisotopic (exact) mass is 359 g/mol. The zero-order chi connectivity index (χ0) is 17.6. The molecule has 3 rings (SSSR count). The molecule has 1 aromatic heterocycles. The lowest BCUT2D eigenvalue weighted by Gasteiger charge is -2.34. The van der Waals surface area contributed by atoms with E-state index in [0.717, 1.165) is 29.5 Å². The molecule has 1 saturated heterocycles. The maximum absolute atomic E-state index is 12.5. The first-order valence-corrected chi connectivity index (χ1v) is 8.92. The van der Waals surface area contributed by atoms with Gasteiger partial charge in [0.25, 0.3) is 0 Å². The highest BCUT2D eigenvalue weighted by molar-refractivity contribution is 7.13. The second-order valence-electron chi connectivity index (χ2n) is 5.57. The van der Waals surface area contributed by atoms with E-state index in [0.29, 0.717) is 18.8 Å². The fourth-order valence-corrected chi connectivity index (χ4v) is 3.42.